The highest BCUT2D eigenvalue weighted by atomic mass is 16.5. The van der Waals surface area contributed by atoms with Crippen molar-refractivity contribution >= 4 is 22.3 Å². The Labute approximate surface area is 246 Å². The molecule has 1 fully saturated rings. The quantitative estimate of drug-likeness (QED) is 0.280. The van der Waals surface area contributed by atoms with Crippen molar-refractivity contribution in [1.29, 1.82) is 0 Å². The predicted octanol–water partition coefficient (Wildman–Crippen LogP) is 4.79. The van der Waals surface area contributed by atoms with Gasteiger partial charge in [0.25, 0.3) is 5.91 Å². The van der Waals surface area contributed by atoms with E-state index in [2.05, 4.69) is 35.1 Å². The molecule has 1 aliphatic rings. The second-order valence-corrected chi connectivity index (χ2v) is 11.0. The van der Waals surface area contributed by atoms with Crippen molar-refractivity contribution in [2.75, 3.05) is 39.8 Å². The number of ether oxygens (including phenoxy) is 1. The highest BCUT2D eigenvalue weighted by Gasteiger charge is 2.28. The number of rotatable bonds is 7. The maximum atomic E-state index is 13.9. The van der Waals surface area contributed by atoms with Gasteiger partial charge in [-0.1, -0.05) is 20.3 Å². The molecule has 1 aliphatic heterocycles. The Hall–Kier alpha value is -4.31. The molecule has 10 nitrogen and oxygen atoms in total. The third kappa shape index (κ3) is 4.59. The van der Waals surface area contributed by atoms with Gasteiger partial charge in [0.1, 0.15) is 5.75 Å². The van der Waals surface area contributed by atoms with Crippen LogP contribution < -0.4 is 4.74 Å². The Balaban J connectivity index is 1.49. The summed E-state index contributed by atoms with van der Waals surface area (Å²) in [7, 11) is 1.65. The first-order valence-electron chi connectivity index (χ1n) is 14.7. The van der Waals surface area contributed by atoms with Crippen LogP contribution in [0.15, 0.2) is 36.9 Å². The van der Waals surface area contributed by atoms with E-state index in [1.807, 2.05) is 48.0 Å². The Kier molecular flexibility index (Phi) is 7.40. The number of likely N-dealkylation sites (N-methyl/N-ethyl adjacent to an activating group) is 1. The third-order valence-electron chi connectivity index (χ3n) is 8.52. The fourth-order valence-corrected chi connectivity index (χ4v) is 6.22. The molecule has 1 saturated heterocycles. The number of nitrogens with zero attached hydrogens (tertiary/aromatic N) is 8. The lowest BCUT2D eigenvalue weighted by Crippen LogP contribution is -2.48. The SMILES string of the molecule is CCCc1nc(-n2ncc3c(C)nc(-c4cnccc4OC)cc32)cn2c(C)c(C(=O)N3CCN(CC)CC3)c(C)c12. The minimum absolute atomic E-state index is 0.106. The van der Waals surface area contributed by atoms with Crippen LogP contribution in [0.2, 0.25) is 0 Å². The monoisotopic (exact) mass is 566 g/mol. The summed E-state index contributed by atoms with van der Waals surface area (Å²) < 4.78 is 9.60. The number of methoxy groups -OCH3 is 1. The zero-order chi connectivity index (χ0) is 29.5. The molecule has 5 aromatic rings. The van der Waals surface area contributed by atoms with E-state index in [9.17, 15) is 4.79 Å². The van der Waals surface area contributed by atoms with Crippen LogP contribution in [0, 0.1) is 20.8 Å². The summed E-state index contributed by atoms with van der Waals surface area (Å²) in [4.78, 5) is 32.5. The molecule has 0 spiro atoms. The summed E-state index contributed by atoms with van der Waals surface area (Å²) in [5.74, 6) is 1.51. The van der Waals surface area contributed by atoms with Gasteiger partial charge in [-0.15, -0.1) is 0 Å². The van der Waals surface area contributed by atoms with Crippen molar-refractivity contribution in [2.45, 2.75) is 47.5 Å². The topological polar surface area (TPSA) is 93.7 Å². The first-order chi connectivity index (χ1) is 20.4. The standard InChI is InChI=1S/C32H38N8O2/c1-7-9-25-31-20(3)30(32(41)38-14-12-37(8-2)13-15-38)22(5)39(31)19-29(36-25)40-27-16-26(35-21(4)23(27)18-34-40)24-17-33-11-10-28(24)42-6/h10-11,16-19H,7-9,12-15H2,1-6H3. The van der Waals surface area contributed by atoms with Crippen LogP contribution in [0.5, 0.6) is 5.75 Å². The molecule has 0 aromatic carbocycles. The fourth-order valence-electron chi connectivity index (χ4n) is 6.22. The van der Waals surface area contributed by atoms with Gasteiger partial charge >= 0.3 is 0 Å². The van der Waals surface area contributed by atoms with Crippen LogP contribution in [0.4, 0.5) is 0 Å². The van der Waals surface area contributed by atoms with E-state index < -0.39 is 0 Å². The number of hydrogen-bond acceptors (Lipinski definition) is 7. The molecule has 5 aromatic heterocycles. The summed E-state index contributed by atoms with van der Waals surface area (Å²) in [6.07, 6.45) is 9.05. The van der Waals surface area contributed by atoms with Crippen molar-refractivity contribution in [2.24, 2.45) is 0 Å². The van der Waals surface area contributed by atoms with Gasteiger partial charge < -0.3 is 18.9 Å². The molecule has 0 unspecified atom stereocenters. The smallest absolute Gasteiger partial charge is 0.256 e. The number of carbonyl (C=O) groups is 1. The van der Waals surface area contributed by atoms with Gasteiger partial charge in [-0.25, -0.2) is 9.67 Å². The lowest BCUT2D eigenvalue weighted by molar-refractivity contribution is 0.0642. The molecule has 0 saturated carbocycles. The molecule has 6 heterocycles. The van der Waals surface area contributed by atoms with E-state index in [4.69, 9.17) is 19.8 Å². The molecule has 0 N–H and O–H groups in total. The minimum Gasteiger partial charge on any atom is -0.496 e. The number of aromatic nitrogens is 6. The average molecular weight is 567 g/mol. The van der Waals surface area contributed by atoms with Crippen molar-refractivity contribution in [3.05, 3.63) is 65.1 Å². The van der Waals surface area contributed by atoms with Crippen LogP contribution in [0.1, 0.15) is 53.3 Å². The molecule has 10 heteroatoms. The van der Waals surface area contributed by atoms with E-state index in [0.717, 1.165) is 101 Å². The molecule has 0 radical (unpaired) electrons. The van der Waals surface area contributed by atoms with Gasteiger partial charge in [0.2, 0.25) is 0 Å². The summed E-state index contributed by atoms with van der Waals surface area (Å²) in [6.45, 7) is 14.7. The van der Waals surface area contributed by atoms with Gasteiger partial charge in [-0.05, 0) is 51.4 Å². The Morgan fingerprint density at radius 1 is 1.05 bits per heavy atom. The van der Waals surface area contributed by atoms with E-state index in [1.54, 1.807) is 19.5 Å². The van der Waals surface area contributed by atoms with Gasteiger partial charge in [0, 0.05) is 55.3 Å². The summed E-state index contributed by atoms with van der Waals surface area (Å²) >= 11 is 0. The molecule has 6 rings (SSSR count). The Morgan fingerprint density at radius 2 is 1.83 bits per heavy atom. The van der Waals surface area contributed by atoms with Crippen LogP contribution in [0.3, 0.4) is 0 Å². The molecule has 0 atom stereocenters. The molecule has 1 amide bonds. The van der Waals surface area contributed by atoms with Crippen molar-refractivity contribution in [3.8, 4) is 22.8 Å². The zero-order valence-corrected chi connectivity index (χ0v) is 25.3. The third-order valence-corrected chi connectivity index (χ3v) is 8.52. The number of piperazine rings is 1. The van der Waals surface area contributed by atoms with E-state index >= 15 is 0 Å². The van der Waals surface area contributed by atoms with E-state index in [0.29, 0.717) is 11.6 Å². The zero-order valence-electron chi connectivity index (χ0n) is 25.3. The number of aryl methyl sites for hydroxylation is 4. The highest BCUT2D eigenvalue weighted by Crippen LogP contribution is 2.32. The van der Waals surface area contributed by atoms with Crippen molar-refractivity contribution < 1.29 is 9.53 Å². The van der Waals surface area contributed by atoms with Gasteiger partial charge in [0.15, 0.2) is 5.82 Å². The first-order valence-corrected chi connectivity index (χ1v) is 14.7. The second kappa shape index (κ2) is 11.2. The molecule has 0 aliphatic carbocycles. The minimum atomic E-state index is 0.106. The lowest BCUT2D eigenvalue weighted by Gasteiger charge is -2.34. The maximum Gasteiger partial charge on any atom is 0.256 e. The van der Waals surface area contributed by atoms with E-state index in [1.165, 1.54) is 0 Å². The average Bonchev–Trinajstić information content (AvgIpc) is 3.55. The lowest BCUT2D eigenvalue weighted by atomic mass is 10.1. The van der Waals surface area contributed by atoms with Crippen LogP contribution in [-0.2, 0) is 6.42 Å². The number of pyridine rings is 2. The number of amides is 1. The molecular formula is C32H38N8O2. The van der Waals surface area contributed by atoms with Crippen molar-refractivity contribution in [1.82, 2.24) is 38.9 Å². The van der Waals surface area contributed by atoms with Crippen LogP contribution >= 0.6 is 0 Å². The first kappa shape index (κ1) is 27.8. The molecule has 0 bridgehead atoms. The summed E-state index contributed by atoms with van der Waals surface area (Å²) in [6, 6.07) is 3.85. The molecule has 218 valence electrons. The Morgan fingerprint density at radius 3 is 2.55 bits per heavy atom. The Bertz CT molecular complexity index is 1800. The second-order valence-electron chi connectivity index (χ2n) is 11.0. The molecule has 42 heavy (non-hydrogen) atoms. The molecular weight excluding hydrogens is 528 g/mol. The predicted molar refractivity (Wildman–Crippen MR) is 164 cm³/mol. The number of fused-ring (bicyclic) bond motifs is 2. The van der Waals surface area contributed by atoms with Crippen LogP contribution in [-0.4, -0.2) is 84.7 Å². The van der Waals surface area contributed by atoms with Crippen molar-refractivity contribution in [3.63, 3.8) is 0 Å². The highest BCUT2D eigenvalue weighted by molar-refractivity contribution is 5.99. The fraction of sp³-hybridized carbons (Fsp3) is 0.406. The summed E-state index contributed by atoms with van der Waals surface area (Å²) in [5.41, 5.74) is 8.02. The van der Waals surface area contributed by atoms with Crippen LogP contribution in [0.25, 0.3) is 33.5 Å². The number of hydrogen-bond donors (Lipinski definition) is 0. The van der Waals surface area contributed by atoms with Gasteiger partial charge in [-0.2, -0.15) is 5.10 Å². The van der Waals surface area contributed by atoms with E-state index in [-0.39, 0.29) is 5.91 Å². The normalized spacial score (nSPS) is 14.3. The van der Waals surface area contributed by atoms with Gasteiger partial charge in [0.05, 0.1) is 53.1 Å². The maximum absolute atomic E-state index is 13.9. The number of carbonyl (C=O) groups excluding carboxylic acids is 1. The van der Waals surface area contributed by atoms with Gasteiger partial charge in [-0.3, -0.25) is 14.8 Å². The summed E-state index contributed by atoms with van der Waals surface area (Å²) in [5, 5.41) is 5.72. The largest absolute Gasteiger partial charge is 0.496 e.